The fourth-order valence-corrected chi connectivity index (χ4v) is 2.42. The number of hydrogen-bond acceptors (Lipinski definition) is 5. The highest BCUT2D eigenvalue weighted by Gasteiger charge is 2.12. The van der Waals surface area contributed by atoms with E-state index in [0.29, 0.717) is 5.82 Å². The van der Waals surface area contributed by atoms with Gasteiger partial charge in [-0.1, -0.05) is 6.07 Å². The molecule has 116 valence electrons. The largest absolute Gasteiger partial charge is 0.357 e. The van der Waals surface area contributed by atoms with Crippen molar-refractivity contribution >= 4 is 5.82 Å². The average molecular weight is 305 g/mol. The minimum Gasteiger partial charge on any atom is -0.357 e. The van der Waals surface area contributed by atoms with Gasteiger partial charge in [-0.2, -0.15) is 0 Å². The van der Waals surface area contributed by atoms with E-state index in [1.807, 2.05) is 42.6 Å². The normalized spacial score (nSPS) is 10.5. The third kappa shape index (κ3) is 3.34. The first-order valence-corrected chi connectivity index (χ1v) is 7.77. The van der Waals surface area contributed by atoms with Crippen LogP contribution in [0.25, 0.3) is 22.8 Å². The molecule has 0 aromatic carbocycles. The Hall–Kier alpha value is -2.82. The lowest BCUT2D eigenvalue weighted by Crippen LogP contribution is -2.23. The number of nitrogens with zero attached hydrogens (tertiary/aromatic N) is 5. The first kappa shape index (κ1) is 15.1. The van der Waals surface area contributed by atoms with E-state index in [1.165, 1.54) is 0 Å². The first-order chi connectivity index (χ1) is 11.3. The Morgan fingerprint density at radius 3 is 2.43 bits per heavy atom. The molecule has 3 aromatic heterocycles. The van der Waals surface area contributed by atoms with Crippen LogP contribution in [0.1, 0.15) is 13.8 Å². The van der Waals surface area contributed by atoms with Crippen molar-refractivity contribution in [2.45, 2.75) is 13.8 Å². The molecule has 0 N–H and O–H groups in total. The van der Waals surface area contributed by atoms with Crippen molar-refractivity contribution in [1.82, 2.24) is 19.9 Å². The quantitative estimate of drug-likeness (QED) is 0.722. The van der Waals surface area contributed by atoms with Crippen LogP contribution in [0.15, 0.2) is 55.0 Å². The molecule has 0 atom stereocenters. The maximum atomic E-state index is 4.70. The van der Waals surface area contributed by atoms with Crippen molar-refractivity contribution in [3.63, 3.8) is 0 Å². The number of hydrogen-bond donors (Lipinski definition) is 0. The predicted octanol–water partition coefficient (Wildman–Crippen LogP) is 3.45. The smallest absolute Gasteiger partial charge is 0.180 e. The molecular weight excluding hydrogens is 286 g/mol. The topological polar surface area (TPSA) is 54.8 Å². The fraction of sp³-hybridized carbons (Fsp3) is 0.222. The molecule has 0 saturated carbocycles. The summed E-state index contributed by atoms with van der Waals surface area (Å²) in [5, 5.41) is 0. The van der Waals surface area contributed by atoms with Crippen molar-refractivity contribution in [3.05, 3.63) is 55.0 Å². The minimum atomic E-state index is 0.633. The van der Waals surface area contributed by atoms with Crippen molar-refractivity contribution in [1.29, 1.82) is 0 Å². The van der Waals surface area contributed by atoms with Crippen molar-refractivity contribution in [2.24, 2.45) is 0 Å². The van der Waals surface area contributed by atoms with Crippen LogP contribution < -0.4 is 4.90 Å². The van der Waals surface area contributed by atoms with Crippen molar-refractivity contribution < 1.29 is 0 Å². The van der Waals surface area contributed by atoms with Gasteiger partial charge in [-0.15, -0.1) is 0 Å². The molecule has 0 aliphatic carbocycles. The summed E-state index contributed by atoms with van der Waals surface area (Å²) in [6, 6.07) is 11.7. The van der Waals surface area contributed by atoms with Crippen LogP contribution in [-0.4, -0.2) is 33.0 Å². The number of rotatable bonds is 5. The van der Waals surface area contributed by atoms with E-state index in [4.69, 9.17) is 4.98 Å². The van der Waals surface area contributed by atoms with Gasteiger partial charge in [0.25, 0.3) is 0 Å². The summed E-state index contributed by atoms with van der Waals surface area (Å²) in [7, 11) is 0. The molecule has 5 nitrogen and oxygen atoms in total. The Labute approximate surface area is 136 Å². The lowest BCUT2D eigenvalue weighted by Gasteiger charge is -2.21. The summed E-state index contributed by atoms with van der Waals surface area (Å²) in [6.07, 6.45) is 5.33. The number of anilines is 1. The fourth-order valence-electron chi connectivity index (χ4n) is 2.42. The third-order valence-corrected chi connectivity index (χ3v) is 3.65. The lowest BCUT2D eigenvalue weighted by atomic mass is 10.2. The molecule has 5 heteroatoms. The molecule has 3 aromatic rings. The second-order valence-corrected chi connectivity index (χ2v) is 5.06. The second kappa shape index (κ2) is 6.96. The molecule has 0 aliphatic rings. The van der Waals surface area contributed by atoms with Gasteiger partial charge in [-0.05, 0) is 38.1 Å². The van der Waals surface area contributed by atoms with E-state index in [1.54, 1.807) is 12.4 Å². The number of aromatic nitrogens is 4. The summed E-state index contributed by atoms with van der Waals surface area (Å²) >= 11 is 0. The second-order valence-electron chi connectivity index (χ2n) is 5.06. The minimum absolute atomic E-state index is 0.633. The van der Waals surface area contributed by atoms with Crippen LogP contribution in [0.4, 0.5) is 5.82 Å². The van der Waals surface area contributed by atoms with Gasteiger partial charge in [0.1, 0.15) is 11.5 Å². The van der Waals surface area contributed by atoms with E-state index >= 15 is 0 Å². The highest BCUT2D eigenvalue weighted by atomic mass is 15.2. The summed E-state index contributed by atoms with van der Waals surface area (Å²) in [6.45, 7) is 6.02. The molecule has 0 saturated heterocycles. The maximum Gasteiger partial charge on any atom is 0.180 e. The van der Waals surface area contributed by atoms with E-state index in [0.717, 1.165) is 35.9 Å². The zero-order valence-electron chi connectivity index (χ0n) is 13.3. The van der Waals surface area contributed by atoms with Gasteiger partial charge in [0.15, 0.2) is 5.82 Å². The molecule has 0 bridgehead atoms. The van der Waals surface area contributed by atoms with Crippen LogP contribution in [0.2, 0.25) is 0 Å². The van der Waals surface area contributed by atoms with Crippen LogP contribution >= 0.6 is 0 Å². The molecule has 0 fully saturated rings. The summed E-state index contributed by atoms with van der Waals surface area (Å²) in [5.74, 6) is 1.54. The van der Waals surface area contributed by atoms with E-state index < -0.39 is 0 Å². The lowest BCUT2D eigenvalue weighted by molar-refractivity contribution is 0.843. The molecule has 0 radical (unpaired) electrons. The molecule has 23 heavy (non-hydrogen) atoms. The summed E-state index contributed by atoms with van der Waals surface area (Å²) < 4.78 is 0. The Morgan fingerprint density at radius 2 is 1.78 bits per heavy atom. The molecule has 0 aliphatic heterocycles. The standard InChI is InChI=1S/C18H19N5/c1-3-23(4-2)17-12-16(14-8-7-10-19-13-14)21-18(22-17)15-9-5-6-11-20-15/h5-13H,3-4H2,1-2H3. The summed E-state index contributed by atoms with van der Waals surface area (Å²) in [5.41, 5.74) is 2.60. The van der Waals surface area contributed by atoms with Crippen LogP contribution in [-0.2, 0) is 0 Å². The van der Waals surface area contributed by atoms with Gasteiger partial charge in [0, 0.05) is 43.3 Å². The van der Waals surface area contributed by atoms with E-state index in [-0.39, 0.29) is 0 Å². The molecule has 0 unspecified atom stereocenters. The van der Waals surface area contributed by atoms with Crippen LogP contribution in [0.5, 0.6) is 0 Å². The van der Waals surface area contributed by atoms with Crippen molar-refractivity contribution in [3.8, 4) is 22.8 Å². The third-order valence-electron chi connectivity index (χ3n) is 3.65. The zero-order chi connectivity index (χ0) is 16.1. The van der Waals surface area contributed by atoms with Crippen LogP contribution in [0.3, 0.4) is 0 Å². The van der Waals surface area contributed by atoms with Crippen LogP contribution in [0, 0.1) is 0 Å². The van der Waals surface area contributed by atoms with Crippen molar-refractivity contribution in [2.75, 3.05) is 18.0 Å². The molecule has 0 amide bonds. The Balaban J connectivity index is 2.15. The Kier molecular flexibility index (Phi) is 4.57. The number of pyridine rings is 2. The van der Waals surface area contributed by atoms with Gasteiger partial charge in [0.05, 0.1) is 5.69 Å². The molecule has 3 heterocycles. The molecule has 3 rings (SSSR count). The maximum absolute atomic E-state index is 4.70. The van der Waals surface area contributed by atoms with E-state index in [9.17, 15) is 0 Å². The highest BCUT2D eigenvalue weighted by molar-refractivity contribution is 5.66. The van der Waals surface area contributed by atoms with Gasteiger partial charge >= 0.3 is 0 Å². The van der Waals surface area contributed by atoms with E-state index in [2.05, 4.69) is 33.7 Å². The summed E-state index contributed by atoms with van der Waals surface area (Å²) in [4.78, 5) is 20.2. The SMILES string of the molecule is CCN(CC)c1cc(-c2cccnc2)nc(-c2ccccn2)n1. The average Bonchev–Trinajstić information content (AvgIpc) is 2.64. The predicted molar refractivity (Wildman–Crippen MR) is 92.1 cm³/mol. The highest BCUT2D eigenvalue weighted by Crippen LogP contribution is 2.24. The molecule has 0 spiro atoms. The van der Waals surface area contributed by atoms with Gasteiger partial charge in [0.2, 0.25) is 0 Å². The first-order valence-electron chi connectivity index (χ1n) is 7.77. The van der Waals surface area contributed by atoms with Gasteiger partial charge in [-0.3, -0.25) is 9.97 Å². The Bertz CT molecular complexity index is 697. The zero-order valence-corrected chi connectivity index (χ0v) is 13.3. The Morgan fingerprint density at radius 1 is 0.913 bits per heavy atom. The monoisotopic (exact) mass is 305 g/mol. The van der Waals surface area contributed by atoms with Gasteiger partial charge in [-0.25, -0.2) is 9.97 Å². The van der Waals surface area contributed by atoms with Gasteiger partial charge < -0.3 is 4.90 Å². The molecular formula is C18H19N5.